The number of carbonyl (C=O) groups is 1. The van der Waals surface area contributed by atoms with E-state index < -0.39 is 21.6 Å². The van der Waals surface area contributed by atoms with E-state index >= 15 is 0 Å². The van der Waals surface area contributed by atoms with E-state index in [-0.39, 0.29) is 25.7 Å². The fraction of sp³-hybridized carbons (Fsp3) is 0.682. The Morgan fingerprint density at radius 1 is 1.13 bits per heavy atom. The van der Waals surface area contributed by atoms with Gasteiger partial charge in [0.15, 0.2) is 0 Å². The van der Waals surface area contributed by atoms with E-state index in [1.165, 1.54) is 4.31 Å². The molecule has 0 amide bonds. The SMILES string of the molecule is COc1cc(C)c(S(=O)(=O)N(CCOCC(=O)OC(C)(C)C)CC(C)C)c(C)c1C. The van der Waals surface area contributed by atoms with Crippen molar-refractivity contribution in [2.45, 2.75) is 65.9 Å². The topological polar surface area (TPSA) is 82.1 Å². The number of benzene rings is 1. The number of sulfonamides is 1. The van der Waals surface area contributed by atoms with Crippen molar-refractivity contribution in [3.8, 4) is 5.75 Å². The Balaban J connectivity index is 3.03. The molecule has 8 heteroatoms. The van der Waals surface area contributed by atoms with E-state index in [1.807, 2.05) is 20.8 Å². The van der Waals surface area contributed by atoms with Crippen LogP contribution in [-0.4, -0.2) is 57.7 Å². The molecule has 0 radical (unpaired) electrons. The average Bonchev–Trinajstić information content (AvgIpc) is 2.58. The van der Waals surface area contributed by atoms with Crippen LogP contribution < -0.4 is 4.74 Å². The van der Waals surface area contributed by atoms with Crippen LogP contribution >= 0.6 is 0 Å². The zero-order chi connectivity index (χ0) is 23.3. The summed E-state index contributed by atoms with van der Waals surface area (Å²) in [5.74, 6) is 0.323. The summed E-state index contributed by atoms with van der Waals surface area (Å²) in [5.41, 5.74) is 1.52. The lowest BCUT2D eigenvalue weighted by Gasteiger charge is -2.26. The number of ether oxygens (including phenoxy) is 3. The van der Waals surface area contributed by atoms with E-state index in [4.69, 9.17) is 14.2 Å². The molecule has 30 heavy (non-hydrogen) atoms. The van der Waals surface area contributed by atoms with Gasteiger partial charge in [-0.2, -0.15) is 4.31 Å². The standard InChI is InChI=1S/C22H37NO6S/c1-15(2)13-23(10-11-28-14-20(24)29-22(6,7)8)30(25,26)21-16(3)12-19(27-9)17(4)18(21)5/h12,15H,10-11,13-14H2,1-9H3. The van der Waals surface area contributed by atoms with Gasteiger partial charge in [-0.3, -0.25) is 0 Å². The van der Waals surface area contributed by atoms with E-state index in [2.05, 4.69) is 0 Å². The molecule has 0 atom stereocenters. The van der Waals surface area contributed by atoms with Gasteiger partial charge in [-0.15, -0.1) is 0 Å². The average molecular weight is 444 g/mol. The lowest BCUT2D eigenvalue weighted by atomic mass is 10.1. The summed E-state index contributed by atoms with van der Waals surface area (Å²) < 4.78 is 44.4. The highest BCUT2D eigenvalue weighted by Gasteiger charge is 2.30. The molecule has 0 aromatic heterocycles. The predicted molar refractivity (Wildman–Crippen MR) is 117 cm³/mol. The van der Waals surface area contributed by atoms with Crippen LogP contribution in [0.2, 0.25) is 0 Å². The normalized spacial score (nSPS) is 12.5. The monoisotopic (exact) mass is 443 g/mol. The fourth-order valence-corrected chi connectivity index (χ4v) is 5.24. The van der Waals surface area contributed by atoms with Gasteiger partial charge in [-0.25, -0.2) is 13.2 Å². The van der Waals surface area contributed by atoms with Crippen LogP contribution in [0.4, 0.5) is 0 Å². The lowest BCUT2D eigenvalue weighted by molar-refractivity contribution is -0.160. The fourth-order valence-electron chi connectivity index (χ4n) is 3.17. The van der Waals surface area contributed by atoms with Gasteiger partial charge in [-0.05, 0) is 70.2 Å². The molecule has 0 bridgehead atoms. The van der Waals surface area contributed by atoms with E-state index in [0.717, 1.165) is 5.56 Å². The molecule has 0 aliphatic carbocycles. The molecule has 0 aliphatic heterocycles. The van der Waals surface area contributed by atoms with Crippen LogP contribution in [-0.2, 0) is 24.3 Å². The largest absolute Gasteiger partial charge is 0.496 e. The first-order chi connectivity index (χ1) is 13.7. The number of rotatable bonds is 10. The number of aryl methyl sites for hydroxylation is 1. The van der Waals surface area contributed by atoms with Gasteiger partial charge >= 0.3 is 5.97 Å². The maximum Gasteiger partial charge on any atom is 0.332 e. The number of hydrogen-bond acceptors (Lipinski definition) is 6. The van der Waals surface area contributed by atoms with Gasteiger partial charge < -0.3 is 14.2 Å². The number of hydrogen-bond donors (Lipinski definition) is 0. The van der Waals surface area contributed by atoms with Crippen molar-refractivity contribution in [1.82, 2.24) is 4.31 Å². The summed E-state index contributed by atoms with van der Waals surface area (Å²) in [6.07, 6.45) is 0. The number of nitrogens with zero attached hydrogens (tertiary/aromatic N) is 1. The third-order valence-electron chi connectivity index (χ3n) is 4.49. The number of esters is 1. The summed E-state index contributed by atoms with van der Waals surface area (Å²) >= 11 is 0. The second-order valence-corrected chi connectivity index (χ2v) is 10.7. The van der Waals surface area contributed by atoms with Gasteiger partial charge in [0.05, 0.1) is 18.6 Å². The molecule has 1 aromatic carbocycles. The lowest BCUT2D eigenvalue weighted by Crippen LogP contribution is -2.38. The van der Waals surface area contributed by atoms with Gasteiger partial charge in [0.2, 0.25) is 10.0 Å². The quantitative estimate of drug-likeness (QED) is 0.406. The molecule has 0 saturated heterocycles. The van der Waals surface area contributed by atoms with Gasteiger partial charge in [0.1, 0.15) is 18.0 Å². The van der Waals surface area contributed by atoms with Crippen molar-refractivity contribution in [3.63, 3.8) is 0 Å². The minimum absolute atomic E-state index is 0.0957. The zero-order valence-electron chi connectivity index (χ0n) is 19.8. The highest BCUT2D eigenvalue weighted by atomic mass is 32.2. The van der Waals surface area contributed by atoms with Crippen LogP contribution in [0, 0.1) is 26.7 Å². The third-order valence-corrected chi connectivity index (χ3v) is 6.65. The number of carbonyl (C=O) groups excluding carboxylic acids is 1. The Morgan fingerprint density at radius 3 is 2.23 bits per heavy atom. The van der Waals surface area contributed by atoms with Crippen molar-refractivity contribution in [3.05, 3.63) is 22.8 Å². The second-order valence-electron chi connectivity index (χ2n) is 8.87. The van der Waals surface area contributed by atoms with Crippen molar-refractivity contribution >= 4 is 16.0 Å². The Labute approximate surface area is 181 Å². The molecule has 0 fully saturated rings. The van der Waals surface area contributed by atoms with Crippen LogP contribution in [0.5, 0.6) is 5.75 Å². The van der Waals surface area contributed by atoms with E-state index in [9.17, 15) is 13.2 Å². The summed E-state index contributed by atoms with van der Waals surface area (Å²) in [7, 11) is -2.18. The van der Waals surface area contributed by atoms with Crippen molar-refractivity contribution in [2.24, 2.45) is 5.92 Å². The number of methoxy groups -OCH3 is 1. The van der Waals surface area contributed by atoms with Crippen LogP contribution in [0.1, 0.15) is 51.3 Å². The molecule has 1 rings (SSSR count). The Bertz CT molecular complexity index is 840. The maximum atomic E-state index is 13.5. The molecule has 172 valence electrons. The molecule has 0 spiro atoms. The highest BCUT2D eigenvalue weighted by molar-refractivity contribution is 7.89. The molecule has 0 aliphatic rings. The first-order valence-electron chi connectivity index (χ1n) is 10.1. The Kier molecular flexibility index (Phi) is 9.32. The molecule has 7 nitrogen and oxygen atoms in total. The van der Waals surface area contributed by atoms with E-state index in [0.29, 0.717) is 28.3 Å². The van der Waals surface area contributed by atoms with E-state index in [1.54, 1.807) is 47.8 Å². The van der Waals surface area contributed by atoms with Crippen LogP contribution in [0.25, 0.3) is 0 Å². The minimum Gasteiger partial charge on any atom is -0.496 e. The first kappa shape index (κ1) is 26.4. The van der Waals surface area contributed by atoms with Gasteiger partial charge in [0.25, 0.3) is 0 Å². The predicted octanol–water partition coefficient (Wildman–Crippen LogP) is 3.63. The van der Waals surface area contributed by atoms with Crippen molar-refractivity contribution in [1.29, 1.82) is 0 Å². The van der Waals surface area contributed by atoms with Gasteiger partial charge in [-0.1, -0.05) is 13.8 Å². The van der Waals surface area contributed by atoms with Crippen molar-refractivity contribution in [2.75, 3.05) is 33.4 Å². The smallest absolute Gasteiger partial charge is 0.332 e. The second kappa shape index (κ2) is 10.6. The van der Waals surface area contributed by atoms with Crippen molar-refractivity contribution < 1.29 is 27.4 Å². The molecule has 0 unspecified atom stereocenters. The highest BCUT2D eigenvalue weighted by Crippen LogP contribution is 2.32. The molecule has 1 aromatic rings. The summed E-state index contributed by atoms with van der Waals surface area (Å²) in [4.78, 5) is 12.1. The minimum atomic E-state index is -3.75. The Morgan fingerprint density at radius 2 is 1.73 bits per heavy atom. The third kappa shape index (κ3) is 7.25. The summed E-state index contributed by atoms with van der Waals surface area (Å²) in [5, 5.41) is 0. The molecule has 0 heterocycles. The van der Waals surface area contributed by atoms with Gasteiger partial charge in [0, 0.05) is 13.1 Å². The summed E-state index contributed by atoms with van der Waals surface area (Å²) in [6.45, 7) is 15.1. The Hall–Kier alpha value is -1.64. The molecule has 0 N–H and O–H groups in total. The zero-order valence-corrected chi connectivity index (χ0v) is 20.6. The first-order valence-corrected chi connectivity index (χ1v) is 11.6. The maximum absolute atomic E-state index is 13.5. The van der Waals surface area contributed by atoms with Crippen LogP contribution in [0.15, 0.2) is 11.0 Å². The summed E-state index contributed by atoms with van der Waals surface area (Å²) in [6, 6.07) is 1.75. The van der Waals surface area contributed by atoms with Crippen LogP contribution in [0.3, 0.4) is 0 Å². The molecule has 0 saturated carbocycles. The molecular formula is C22H37NO6S. The molecular weight excluding hydrogens is 406 g/mol.